The van der Waals surface area contributed by atoms with Gasteiger partial charge in [-0.15, -0.1) is 0 Å². The maximum absolute atomic E-state index is 11.4. The van der Waals surface area contributed by atoms with Crippen molar-refractivity contribution in [3.63, 3.8) is 0 Å². The molecule has 0 saturated carbocycles. The number of hydrogen-bond donors (Lipinski definition) is 1. The highest BCUT2D eigenvalue weighted by molar-refractivity contribution is 5.86. The lowest BCUT2D eigenvalue weighted by Gasteiger charge is -2.24. The summed E-state index contributed by atoms with van der Waals surface area (Å²) >= 11 is 0. The minimum atomic E-state index is -0.704. The average Bonchev–Trinajstić information content (AvgIpc) is 2.91. The van der Waals surface area contributed by atoms with E-state index in [-0.39, 0.29) is 12.3 Å². The van der Waals surface area contributed by atoms with E-state index in [2.05, 4.69) is 53.1 Å². The summed E-state index contributed by atoms with van der Waals surface area (Å²) in [6, 6.07) is 18.9. The fourth-order valence-electron chi connectivity index (χ4n) is 4.13. The molecule has 1 N–H and O–H groups in total. The minimum Gasteiger partial charge on any atom is -0.481 e. The first-order valence-electron chi connectivity index (χ1n) is 8.60. The topological polar surface area (TPSA) is 42.2 Å². The van der Waals surface area contributed by atoms with Gasteiger partial charge in [0, 0.05) is 29.1 Å². The molecule has 1 aliphatic carbocycles. The molecule has 1 aromatic heterocycles. The molecule has 3 aromatic rings. The Bertz CT molecular complexity index is 879. The van der Waals surface area contributed by atoms with E-state index in [0.29, 0.717) is 0 Å². The number of rotatable bonds is 4. The van der Waals surface area contributed by atoms with E-state index in [0.717, 1.165) is 25.8 Å². The van der Waals surface area contributed by atoms with Crippen molar-refractivity contribution in [1.82, 2.24) is 4.57 Å². The number of fused-ring (bicyclic) bond motifs is 3. The van der Waals surface area contributed by atoms with Crippen LogP contribution in [0, 0.1) is 0 Å². The third-order valence-electron chi connectivity index (χ3n) is 5.09. The molecule has 3 heteroatoms. The van der Waals surface area contributed by atoms with Crippen molar-refractivity contribution in [1.29, 1.82) is 0 Å². The fourth-order valence-corrected chi connectivity index (χ4v) is 4.13. The lowest BCUT2D eigenvalue weighted by molar-refractivity contribution is -0.137. The Labute approximate surface area is 141 Å². The lowest BCUT2D eigenvalue weighted by Crippen LogP contribution is -2.17. The highest BCUT2D eigenvalue weighted by Gasteiger charge is 2.28. The number of hydrogen-bond acceptors (Lipinski definition) is 1. The number of aromatic nitrogens is 1. The number of carboxylic acid groups (broad SMARTS) is 1. The van der Waals surface area contributed by atoms with Gasteiger partial charge in [-0.3, -0.25) is 4.79 Å². The van der Waals surface area contributed by atoms with Gasteiger partial charge in [-0.25, -0.2) is 0 Å². The van der Waals surface area contributed by atoms with Crippen molar-refractivity contribution in [2.75, 3.05) is 0 Å². The molecule has 0 saturated heterocycles. The van der Waals surface area contributed by atoms with E-state index in [1.165, 1.54) is 27.7 Å². The smallest absolute Gasteiger partial charge is 0.304 e. The number of aryl methyl sites for hydroxylation is 1. The molecule has 1 unspecified atom stereocenters. The summed E-state index contributed by atoms with van der Waals surface area (Å²) in [6.07, 6.45) is 3.31. The monoisotopic (exact) mass is 319 g/mol. The molecule has 1 aliphatic rings. The number of aliphatic carboxylic acids is 1. The van der Waals surface area contributed by atoms with Crippen molar-refractivity contribution in [3.05, 3.63) is 71.4 Å². The van der Waals surface area contributed by atoms with Crippen LogP contribution in [0.3, 0.4) is 0 Å². The van der Waals surface area contributed by atoms with Crippen LogP contribution in [0.25, 0.3) is 10.9 Å². The molecule has 24 heavy (non-hydrogen) atoms. The number of nitrogens with zero attached hydrogens (tertiary/aromatic N) is 1. The highest BCUT2D eigenvalue weighted by atomic mass is 16.4. The molecule has 4 rings (SSSR count). The Hall–Kier alpha value is -2.55. The van der Waals surface area contributed by atoms with Gasteiger partial charge in [-0.05, 0) is 36.5 Å². The number of benzene rings is 2. The van der Waals surface area contributed by atoms with Crippen molar-refractivity contribution < 1.29 is 9.90 Å². The molecule has 1 atom stereocenters. The Kier molecular flexibility index (Phi) is 3.85. The van der Waals surface area contributed by atoms with Gasteiger partial charge in [-0.1, -0.05) is 48.5 Å². The maximum Gasteiger partial charge on any atom is 0.304 e. The second-order valence-electron chi connectivity index (χ2n) is 6.64. The molecule has 0 radical (unpaired) electrons. The summed E-state index contributed by atoms with van der Waals surface area (Å²) in [5.41, 5.74) is 5.08. The standard InChI is InChI=1S/C21H21NO2/c23-20(24)13-16-9-6-11-18-17-10-4-5-12-19(17)22(21(16)18)14-15-7-2-1-3-8-15/h1-5,7-8,10,12,16H,6,9,11,13-14H2,(H,23,24). The lowest BCUT2D eigenvalue weighted by atomic mass is 9.84. The molecule has 0 bridgehead atoms. The largest absolute Gasteiger partial charge is 0.481 e. The van der Waals surface area contributed by atoms with Crippen LogP contribution in [-0.4, -0.2) is 15.6 Å². The van der Waals surface area contributed by atoms with Gasteiger partial charge in [0.25, 0.3) is 0 Å². The van der Waals surface area contributed by atoms with Gasteiger partial charge >= 0.3 is 5.97 Å². The Morgan fingerprint density at radius 3 is 2.62 bits per heavy atom. The normalized spacial score (nSPS) is 16.9. The summed E-state index contributed by atoms with van der Waals surface area (Å²) < 4.78 is 2.35. The van der Waals surface area contributed by atoms with Crippen LogP contribution in [0.15, 0.2) is 54.6 Å². The van der Waals surface area contributed by atoms with E-state index >= 15 is 0 Å². The molecule has 1 heterocycles. The van der Waals surface area contributed by atoms with Crippen LogP contribution in [0.4, 0.5) is 0 Å². The summed E-state index contributed by atoms with van der Waals surface area (Å²) in [4.78, 5) is 11.4. The van der Waals surface area contributed by atoms with Crippen LogP contribution in [-0.2, 0) is 17.8 Å². The Morgan fingerprint density at radius 2 is 1.83 bits per heavy atom. The number of carbonyl (C=O) groups is 1. The molecular weight excluding hydrogens is 298 g/mol. The van der Waals surface area contributed by atoms with Crippen LogP contribution < -0.4 is 0 Å². The molecule has 0 spiro atoms. The van der Waals surface area contributed by atoms with Gasteiger partial charge in [0.05, 0.1) is 6.42 Å². The molecule has 0 aliphatic heterocycles. The van der Waals surface area contributed by atoms with Crippen LogP contribution in [0.1, 0.15) is 42.0 Å². The van der Waals surface area contributed by atoms with Crippen molar-refractivity contribution >= 4 is 16.9 Å². The van der Waals surface area contributed by atoms with E-state index in [9.17, 15) is 9.90 Å². The quantitative estimate of drug-likeness (QED) is 0.764. The van der Waals surface area contributed by atoms with Gasteiger partial charge in [0.15, 0.2) is 0 Å². The first-order chi connectivity index (χ1) is 11.7. The van der Waals surface area contributed by atoms with E-state index in [1.807, 2.05) is 6.07 Å². The molecule has 122 valence electrons. The van der Waals surface area contributed by atoms with Gasteiger partial charge < -0.3 is 9.67 Å². The second kappa shape index (κ2) is 6.16. The molecular formula is C21H21NO2. The second-order valence-corrected chi connectivity index (χ2v) is 6.64. The number of carboxylic acids is 1. The predicted octanol–water partition coefficient (Wildman–Crippen LogP) is 4.58. The zero-order valence-corrected chi connectivity index (χ0v) is 13.6. The molecule has 2 aromatic carbocycles. The highest BCUT2D eigenvalue weighted by Crippen LogP contribution is 2.40. The maximum atomic E-state index is 11.4. The third kappa shape index (κ3) is 2.60. The van der Waals surface area contributed by atoms with E-state index in [4.69, 9.17) is 0 Å². The zero-order valence-electron chi connectivity index (χ0n) is 13.6. The summed E-state index contributed by atoms with van der Waals surface area (Å²) in [5.74, 6) is -0.591. The van der Waals surface area contributed by atoms with E-state index < -0.39 is 5.97 Å². The SMILES string of the molecule is O=C(O)CC1CCCc2c1n(Cc1ccccc1)c1ccccc21. The van der Waals surface area contributed by atoms with Crippen molar-refractivity contribution in [3.8, 4) is 0 Å². The predicted molar refractivity (Wildman–Crippen MR) is 95.4 cm³/mol. The molecule has 0 fully saturated rings. The zero-order chi connectivity index (χ0) is 16.5. The molecule has 0 amide bonds. The van der Waals surface area contributed by atoms with E-state index in [1.54, 1.807) is 0 Å². The molecule has 3 nitrogen and oxygen atoms in total. The first-order valence-corrected chi connectivity index (χ1v) is 8.60. The number of para-hydroxylation sites is 1. The Morgan fingerprint density at radius 1 is 1.08 bits per heavy atom. The van der Waals surface area contributed by atoms with Crippen molar-refractivity contribution in [2.24, 2.45) is 0 Å². The summed E-state index contributed by atoms with van der Waals surface area (Å²) in [7, 11) is 0. The van der Waals surface area contributed by atoms with Gasteiger partial charge in [0.2, 0.25) is 0 Å². The van der Waals surface area contributed by atoms with Gasteiger partial charge in [-0.2, -0.15) is 0 Å². The summed E-state index contributed by atoms with van der Waals surface area (Å²) in [6.45, 7) is 0.798. The Balaban J connectivity index is 1.89. The van der Waals surface area contributed by atoms with Crippen LogP contribution in [0.2, 0.25) is 0 Å². The van der Waals surface area contributed by atoms with Crippen molar-refractivity contribution in [2.45, 2.75) is 38.1 Å². The summed E-state index contributed by atoms with van der Waals surface area (Å²) in [5, 5.41) is 10.6. The fraction of sp³-hybridized carbons (Fsp3) is 0.286. The van der Waals surface area contributed by atoms with Crippen LogP contribution >= 0.6 is 0 Å². The minimum absolute atomic E-state index is 0.113. The first kappa shape index (κ1) is 15.0. The van der Waals surface area contributed by atoms with Gasteiger partial charge in [0.1, 0.15) is 0 Å². The third-order valence-corrected chi connectivity index (χ3v) is 5.09. The average molecular weight is 319 g/mol. The van der Waals surface area contributed by atoms with Crippen LogP contribution in [0.5, 0.6) is 0 Å².